The van der Waals surface area contributed by atoms with Crippen molar-refractivity contribution in [3.05, 3.63) is 83.7 Å². The van der Waals surface area contributed by atoms with Gasteiger partial charge in [-0.1, -0.05) is 65.9 Å². The van der Waals surface area contributed by atoms with Crippen molar-refractivity contribution in [2.45, 2.75) is 43.9 Å². The molecular weight excluding hydrogens is 390 g/mol. The van der Waals surface area contributed by atoms with Crippen molar-refractivity contribution >= 4 is 0 Å². The standard InChI is InChI=1S/C24H29N5O2/c1-28(13-19-10-6-3-7-11-19)14-20-15-29(27-26-20)22-17-31-23-21(16-30-24(22)23)25-12-18-8-4-2-5-9-18/h2-11,15,21-25H,12-14,16-17H2,1H3/t21-,22+,23-,24+/m0/s1. The maximum absolute atomic E-state index is 6.13. The van der Waals surface area contributed by atoms with Crippen LogP contribution in [0.3, 0.4) is 0 Å². The fourth-order valence-corrected chi connectivity index (χ4v) is 4.50. The van der Waals surface area contributed by atoms with Crippen molar-refractivity contribution in [3.63, 3.8) is 0 Å². The molecule has 2 fully saturated rings. The van der Waals surface area contributed by atoms with Gasteiger partial charge in [0.15, 0.2) is 0 Å². The molecule has 0 spiro atoms. The highest BCUT2D eigenvalue weighted by atomic mass is 16.6. The quantitative estimate of drug-likeness (QED) is 0.605. The number of nitrogens with one attached hydrogen (secondary N) is 1. The van der Waals surface area contributed by atoms with Crippen LogP contribution in [-0.2, 0) is 29.1 Å². The second-order valence-electron chi connectivity index (χ2n) is 8.48. The van der Waals surface area contributed by atoms with Gasteiger partial charge in [-0.2, -0.15) is 0 Å². The molecule has 4 atom stereocenters. The van der Waals surface area contributed by atoms with Gasteiger partial charge in [0.1, 0.15) is 18.2 Å². The van der Waals surface area contributed by atoms with Crippen molar-refractivity contribution in [2.24, 2.45) is 0 Å². The van der Waals surface area contributed by atoms with E-state index in [9.17, 15) is 0 Å². The number of hydrogen-bond donors (Lipinski definition) is 1. The molecule has 0 unspecified atom stereocenters. The van der Waals surface area contributed by atoms with Gasteiger partial charge in [0.25, 0.3) is 0 Å². The summed E-state index contributed by atoms with van der Waals surface area (Å²) >= 11 is 0. The van der Waals surface area contributed by atoms with Crippen LogP contribution in [0, 0.1) is 0 Å². The number of hydrogen-bond acceptors (Lipinski definition) is 6. The van der Waals surface area contributed by atoms with E-state index in [1.807, 2.05) is 23.0 Å². The minimum Gasteiger partial charge on any atom is -0.371 e. The molecule has 31 heavy (non-hydrogen) atoms. The normalized spacial score (nSPS) is 25.2. The van der Waals surface area contributed by atoms with Crippen molar-refractivity contribution in [1.82, 2.24) is 25.2 Å². The van der Waals surface area contributed by atoms with Crippen LogP contribution in [0.4, 0.5) is 0 Å². The highest BCUT2D eigenvalue weighted by Crippen LogP contribution is 2.34. The van der Waals surface area contributed by atoms with Crippen LogP contribution in [0.2, 0.25) is 0 Å². The average molecular weight is 420 g/mol. The number of aromatic nitrogens is 3. The van der Waals surface area contributed by atoms with Gasteiger partial charge in [-0.05, 0) is 18.2 Å². The van der Waals surface area contributed by atoms with E-state index < -0.39 is 0 Å². The van der Waals surface area contributed by atoms with Crippen molar-refractivity contribution in [2.75, 3.05) is 20.3 Å². The molecule has 0 bridgehead atoms. The lowest BCUT2D eigenvalue weighted by molar-refractivity contribution is 0.0619. The van der Waals surface area contributed by atoms with Crippen LogP contribution in [0.1, 0.15) is 22.9 Å². The molecule has 7 heteroatoms. The van der Waals surface area contributed by atoms with E-state index in [0.717, 1.165) is 25.3 Å². The molecule has 0 aliphatic carbocycles. The Morgan fingerprint density at radius 3 is 2.42 bits per heavy atom. The zero-order chi connectivity index (χ0) is 21.0. The molecule has 1 N–H and O–H groups in total. The summed E-state index contributed by atoms with van der Waals surface area (Å²) in [6.45, 7) is 3.69. The average Bonchev–Trinajstić information content (AvgIpc) is 3.51. The molecule has 2 aromatic carbocycles. The van der Waals surface area contributed by atoms with Crippen LogP contribution in [-0.4, -0.2) is 58.4 Å². The zero-order valence-corrected chi connectivity index (χ0v) is 17.8. The maximum atomic E-state index is 6.13. The summed E-state index contributed by atoms with van der Waals surface area (Å²) in [5, 5.41) is 12.4. The fourth-order valence-electron chi connectivity index (χ4n) is 4.50. The number of rotatable bonds is 8. The van der Waals surface area contributed by atoms with Crippen LogP contribution >= 0.6 is 0 Å². The Kier molecular flexibility index (Phi) is 6.08. The lowest BCUT2D eigenvalue weighted by Gasteiger charge is -2.18. The molecular formula is C24H29N5O2. The minimum atomic E-state index is 0.00451. The smallest absolute Gasteiger partial charge is 0.110 e. The molecule has 1 aromatic heterocycles. The number of ether oxygens (including phenoxy) is 2. The molecule has 0 radical (unpaired) electrons. The Morgan fingerprint density at radius 2 is 1.65 bits per heavy atom. The number of nitrogens with zero attached hydrogens (tertiary/aromatic N) is 4. The van der Waals surface area contributed by atoms with E-state index >= 15 is 0 Å². The third-order valence-electron chi connectivity index (χ3n) is 6.06. The monoisotopic (exact) mass is 419 g/mol. The maximum Gasteiger partial charge on any atom is 0.110 e. The lowest BCUT2D eigenvalue weighted by atomic mass is 10.1. The summed E-state index contributed by atoms with van der Waals surface area (Å²) in [6.07, 6.45) is 2.08. The highest BCUT2D eigenvalue weighted by molar-refractivity contribution is 5.15. The van der Waals surface area contributed by atoms with E-state index in [1.165, 1.54) is 11.1 Å². The Balaban J connectivity index is 1.16. The number of fused-ring (bicyclic) bond motifs is 1. The SMILES string of the molecule is CN(Cc1ccccc1)Cc1cn([C@@H]2CO[C@@H]3[C@@H]2OC[C@@H]3NCc2ccccc2)nn1. The summed E-state index contributed by atoms with van der Waals surface area (Å²) in [4.78, 5) is 2.24. The largest absolute Gasteiger partial charge is 0.371 e. The minimum absolute atomic E-state index is 0.00451. The first-order valence-electron chi connectivity index (χ1n) is 10.9. The van der Waals surface area contributed by atoms with Crippen LogP contribution in [0.25, 0.3) is 0 Å². The first kappa shape index (κ1) is 20.3. The first-order valence-corrected chi connectivity index (χ1v) is 10.9. The van der Waals surface area contributed by atoms with Gasteiger partial charge in [0.05, 0.1) is 31.1 Å². The molecule has 0 amide bonds. The van der Waals surface area contributed by atoms with Gasteiger partial charge < -0.3 is 14.8 Å². The van der Waals surface area contributed by atoms with E-state index in [2.05, 4.69) is 76.1 Å². The first-order chi connectivity index (χ1) is 15.3. The lowest BCUT2D eigenvalue weighted by Crippen LogP contribution is -2.40. The van der Waals surface area contributed by atoms with E-state index in [0.29, 0.717) is 13.2 Å². The Bertz CT molecular complexity index is 964. The summed E-state index contributed by atoms with van der Waals surface area (Å²) in [5.41, 5.74) is 3.51. The highest BCUT2D eigenvalue weighted by Gasteiger charge is 2.48. The number of benzene rings is 2. The summed E-state index contributed by atoms with van der Waals surface area (Å²) in [6, 6.07) is 21.1. The zero-order valence-electron chi connectivity index (χ0n) is 17.8. The summed E-state index contributed by atoms with van der Waals surface area (Å²) in [7, 11) is 2.10. The van der Waals surface area contributed by atoms with E-state index in [-0.39, 0.29) is 24.3 Å². The summed E-state index contributed by atoms with van der Waals surface area (Å²) in [5.74, 6) is 0. The molecule has 2 saturated heterocycles. The third kappa shape index (κ3) is 4.70. The van der Waals surface area contributed by atoms with Crippen molar-refractivity contribution in [3.8, 4) is 0 Å². The molecule has 5 rings (SSSR count). The van der Waals surface area contributed by atoms with E-state index in [1.54, 1.807) is 0 Å². The molecule has 162 valence electrons. The third-order valence-corrected chi connectivity index (χ3v) is 6.06. The predicted molar refractivity (Wildman–Crippen MR) is 117 cm³/mol. The van der Waals surface area contributed by atoms with Gasteiger partial charge >= 0.3 is 0 Å². The van der Waals surface area contributed by atoms with Crippen LogP contribution in [0.5, 0.6) is 0 Å². The van der Waals surface area contributed by atoms with Crippen LogP contribution in [0.15, 0.2) is 66.9 Å². The van der Waals surface area contributed by atoms with E-state index in [4.69, 9.17) is 9.47 Å². The second-order valence-corrected chi connectivity index (χ2v) is 8.48. The van der Waals surface area contributed by atoms with Crippen molar-refractivity contribution < 1.29 is 9.47 Å². The molecule has 3 heterocycles. The molecule has 0 saturated carbocycles. The van der Waals surface area contributed by atoms with Crippen LogP contribution < -0.4 is 5.32 Å². The Labute approximate surface area is 183 Å². The molecule has 3 aromatic rings. The second kappa shape index (κ2) is 9.28. The van der Waals surface area contributed by atoms with Gasteiger partial charge in [-0.15, -0.1) is 5.10 Å². The predicted octanol–water partition coefficient (Wildman–Crippen LogP) is 2.41. The Hall–Kier alpha value is -2.58. The van der Waals surface area contributed by atoms with Crippen molar-refractivity contribution in [1.29, 1.82) is 0 Å². The van der Waals surface area contributed by atoms with Gasteiger partial charge in [-0.3, -0.25) is 4.90 Å². The summed E-state index contributed by atoms with van der Waals surface area (Å²) < 4.78 is 14.2. The Morgan fingerprint density at radius 1 is 0.935 bits per heavy atom. The van der Waals surface area contributed by atoms with Gasteiger partial charge in [-0.25, -0.2) is 4.68 Å². The van der Waals surface area contributed by atoms with Gasteiger partial charge in [0.2, 0.25) is 0 Å². The van der Waals surface area contributed by atoms with Gasteiger partial charge in [0, 0.05) is 19.6 Å². The molecule has 2 aliphatic heterocycles. The molecule has 2 aliphatic rings. The topological polar surface area (TPSA) is 64.4 Å². The molecule has 7 nitrogen and oxygen atoms in total. The fraction of sp³-hybridized carbons (Fsp3) is 0.417.